The Hall–Kier alpha value is -0.120. The number of ether oxygens (including phenoxy) is 1. The average Bonchev–Trinajstić information content (AvgIpc) is 2.42. The van der Waals surface area contributed by atoms with E-state index in [0.29, 0.717) is 5.92 Å². The summed E-state index contributed by atoms with van der Waals surface area (Å²) in [6.07, 6.45) is 2.58. The van der Waals surface area contributed by atoms with E-state index in [9.17, 15) is 0 Å². The van der Waals surface area contributed by atoms with Crippen molar-refractivity contribution in [1.29, 1.82) is 0 Å². The van der Waals surface area contributed by atoms with Crippen LogP contribution in [0.25, 0.3) is 0 Å². The molecule has 0 bridgehead atoms. The second kappa shape index (κ2) is 3.72. The summed E-state index contributed by atoms with van der Waals surface area (Å²) < 4.78 is 6.19. The summed E-state index contributed by atoms with van der Waals surface area (Å²) in [5, 5.41) is 3.56. The molecule has 2 unspecified atom stereocenters. The minimum absolute atomic E-state index is 0.00916. The lowest BCUT2D eigenvalue weighted by molar-refractivity contribution is -0.123. The first kappa shape index (κ1) is 11.4. The third-order valence-electron chi connectivity index (χ3n) is 3.76. The van der Waals surface area contributed by atoms with Crippen LogP contribution in [0.4, 0.5) is 0 Å². The van der Waals surface area contributed by atoms with E-state index >= 15 is 0 Å². The minimum atomic E-state index is -0.113. The molecule has 15 heavy (non-hydrogen) atoms. The Balaban J connectivity index is 2.03. The smallest absolute Gasteiger partial charge is 0.121 e. The lowest BCUT2D eigenvalue weighted by Gasteiger charge is -2.40. The summed E-state index contributed by atoms with van der Waals surface area (Å²) in [7, 11) is 2.20. The molecule has 0 aromatic rings. The van der Waals surface area contributed by atoms with Crippen LogP contribution in [0.2, 0.25) is 0 Å². The van der Waals surface area contributed by atoms with Gasteiger partial charge in [-0.15, -0.1) is 0 Å². The van der Waals surface area contributed by atoms with Crippen LogP contribution in [0, 0.1) is 5.92 Å². The van der Waals surface area contributed by atoms with Crippen LogP contribution in [-0.2, 0) is 4.74 Å². The Kier molecular flexibility index (Phi) is 2.82. The Bertz CT molecular complexity index is 242. The van der Waals surface area contributed by atoms with E-state index in [-0.39, 0.29) is 11.3 Å². The van der Waals surface area contributed by atoms with Gasteiger partial charge in [-0.25, -0.2) is 0 Å². The lowest BCUT2D eigenvalue weighted by atomic mass is 9.89. The molecule has 3 nitrogen and oxygen atoms in total. The second-order valence-electron chi connectivity index (χ2n) is 5.92. The van der Waals surface area contributed by atoms with Crippen molar-refractivity contribution in [2.24, 2.45) is 5.92 Å². The van der Waals surface area contributed by atoms with E-state index in [1.165, 1.54) is 19.4 Å². The monoisotopic (exact) mass is 212 g/mol. The van der Waals surface area contributed by atoms with Gasteiger partial charge in [-0.1, -0.05) is 0 Å². The van der Waals surface area contributed by atoms with E-state index in [2.05, 4.69) is 38.0 Å². The van der Waals surface area contributed by atoms with Gasteiger partial charge in [0.1, 0.15) is 5.72 Å². The first-order valence-corrected chi connectivity index (χ1v) is 6.05. The van der Waals surface area contributed by atoms with Gasteiger partial charge in [0.05, 0.1) is 5.60 Å². The summed E-state index contributed by atoms with van der Waals surface area (Å²) in [5.74, 6) is 0.623. The first-order chi connectivity index (χ1) is 6.91. The molecule has 2 heterocycles. The maximum atomic E-state index is 6.19. The molecule has 1 N–H and O–H groups in total. The third kappa shape index (κ3) is 2.35. The number of hydrogen-bond acceptors (Lipinski definition) is 3. The summed E-state index contributed by atoms with van der Waals surface area (Å²) in [5.41, 5.74) is -0.122. The van der Waals surface area contributed by atoms with Gasteiger partial charge >= 0.3 is 0 Å². The van der Waals surface area contributed by atoms with E-state index in [0.717, 1.165) is 13.1 Å². The number of hydrogen-bond donors (Lipinski definition) is 1. The average molecular weight is 212 g/mol. The zero-order valence-electron chi connectivity index (χ0n) is 10.5. The number of likely N-dealkylation sites (tertiary alicyclic amines) is 1. The molecule has 0 saturated carbocycles. The largest absolute Gasteiger partial charge is 0.353 e. The van der Waals surface area contributed by atoms with Crippen LogP contribution < -0.4 is 5.32 Å². The SMILES string of the molecule is CN1CCCC(C2(C)NCC(C)(C)O2)C1. The highest BCUT2D eigenvalue weighted by Crippen LogP contribution is 2.35. The Morgan fingerprint density at radius 2 is 2.07 bits per heavy atom. The van der Waals surface area contributed by atoms with Crippen molar-refractivity contribution in [2.75, 3.05) is 26.7 Å². The molecule has 2 rings (SSSR count). The molecule has 2 aliphatic heterocycles. The molecule has 88 valence electrons. The lowest BCUT2D eigenvalue weighted by Crippen LogP contribution is -2.51. The number of piperidine rings is 1. The summed E-state index contributed by atoms with van der Waals surface area (Å²) >= 11 is 0. The van der Waals surface area contributed by atoms with Crippen LogP contribution in [0.3, 0.4) is 0 Å². The maximum absolute atomic E-state index is 6.19. The molecule has 2 saturated heterocycles. The first-order valence-electron chi connectivity index (χ1n) is 6.05. The Morgan fingerprint density at radius 1 is 1.33 bits per heavy atom. The fourth-order valence-electron chi connectivity index (χ4n) is 2.88. The zero-order chi connectivity index (χ0) is 11.1. The molecule has 0 aliphatic carbocycles. The maximum Gasteiger partial charge on any atom is 0.121 e. The van der Waals surface area contributed by atoms with Crippen molar-refractivity contribution >= 4 is 0 Å². The van der Waals surface area contributed by atoms with E-state index in [1.54, 1.807) is 0 Å². The van der Waals surface area contributed by atoms with Crippen LogP contribution >= 0.6 is 0 Å². The number of nitrogens with one attached hydrogen (secondary N) is 1. The number of rotatable bonds is 1. The molecule has 2 atom stereocenters. The van der Waals surface area contributed by atoms with Crippen molar-refractivity contribution in [3.63, 3.8) is 0 Å². The predicted molar refractivity (Wildman–Crippen MR) is 61.8 cm³/mol. The van der Waals surface area contributed by atoms with Gasteiger partial charge in [0.15, 0.2) is 0 Å². The Labute approximate surface area is 93.2 Å². The van der Waals surface area contributed by atoms with Crippen molar-refractivity contribution in [1.82, 2.24) is 10.2 Å². The van der Waals surface area contributed by atoms with Gasteiger partial charge in [-0.3, -0.25) is 5.32 Å². The molecule has 2 aliphatic rings. The van der Waals surface area contributed by atoms with Crippen molar-refractivity contribution in [3.8, 4) is 0 Å². The van der Waals surface area contributed by atoms with Gasteiger partial charge in [0, 0.05) is 19.0 Å². The molecule has 3 heteroatoms. The van der Waals surface area contributed by atoms with E-state index in [1.807, 2.05) is 0 Å². The second-order valence-corrected chi connectivity index (χ2v) is 5.92. The molecule has 2 fully saturated rings. The van der Waals surface area contributed by atoms with Crippen LogP contribution in [-0.4, -0.2) is 42.9 Å². The van der Waals surface area contributed by atoms with Gasteiger partial charge in [-0.05, 0) is 47.2 Å². The van der Waals surface area contributed by atoms with Gasteiger partial charge in [0.25, 0.3) is 0 Å². The molecule has 0 aromatic carbocycles. The molecule has 0 aromatic heterocycles. The molecule has 0 spiro atoms. The summed E-state index contributed by atoms with van der Waals surface area (Å²) in [6, 6.07) is 0. The van der Waals surface area contributed by atoms with Gasteiger partial charge in [0.2, 0.25) is 0 Å². The van der Waals surface area contributed by atoms with Gasteiger partial charge in [-0.2, -0.15) is 0 Å². The van der Waals surface area contributed by atoms with Crippen LogP contribution in [0.5, 0.6) is 0 Å². The quantitative estimate of drug-likeness (QED) is 0.712. The van der Waals surface area contributed by atoms with Crippen molar-refractivity contribution in [3.05, 3.63) is 0 Å². The molecular formula is C12H24N2O. The van der Waals surface area contributed by atoms with Gasteiger partial charge < -0.3 is 9.64 Å². The van der Waals surface area contributed by atoms with Crippen LogP contribution in [0.1, 0.15) is 33.6 Å². The fourth-order valence-corrected chi connectivity index (χ4v) is 2.88. The van der Waals surface area contributed by atoms with E-state index in [4.69, 9.17) is 4.74 Å². The van der Waals surface area contributed by atoms with Crippen molar-refractivity contribution < 1.29 is 4.74 Å². The predicted octanol–water partition coefficient (Wildman–Crippen LogP) is 1.44. The third-order valence-corrected chi connectivity index (χ3v) is 3.76. The molecule has 0 amide bonds. The highest BCUT2D eigenvalue weighted by molar-refractivity contribution is 4.95. The highest BCUT2D eigenvalue weighted by atomic mass is 16.5. The highest BCUT2D eigenvalue weighted by Gasteiger charge is 2.46. The standard InChI is InChI=1S/C12H24N2O/c1-11(2)9-13-12(3,15-11)10-6-5-7-14(4)8-10/h10,13H,5-9H2,1-4H3. The molecule has 0 radical (unpaired) electrons. The summed E-state index contributed by atoms with van der Waals surface area (Å²) in [6.45, 7) is 9.89. The van der Waals surface area contributed by atoms with Crippen LogP contribution in [0.15, 0.2) is 0 Å². The zero-order valence-corrected chi connectivity index (χ0v) is 10.5. The normalized spacial score (nSPS) is 42.0. The minimum Gasteiger partial charge on any atom is -0.353 e. The molecular weight excluding hydrogens is 188 g/mol. The Morgan fingerprint density at radius 3 is 2.60 bits per heavy atom. The summed E-state index contributed by atoms with van der Waals surface area (Å²) in [4.78, 5) is 2.41. The topological polar surface area (TPSA) is 24.5 Å². The fraction of sp³-hybridized carbons (Fsp3) is 1.00. The number of nitrogens with zero attached hydrogens (tertiary/aromatic N) is 1. The van der Waals surface area contributed by atoms with Crippen molar-refractivity contribution in [2.45, 2.75) is 44.9 Å². The van der Waals surface area contributed by atoms with E-state index < -0.39 is 0 Å².